The number of carbonyl (C=O) groups is 1. The maximum absolute atomic E-state index is 11.7. The van der Waals surface area contributed by atoms with Crippen LogP contribution in [0.15, 0.2) is 17.5 Å². The van der Waals surface area contributed by atoms with Gasteiger partial charge in [0.05, 0.1) is 4.88 Å². The van der Waals surface area contributed by atoms with E-state index in [0.29, 0.717) is 5.52 Å². The second-order valence-electron chi connectivity index (χ2n) is 2.45. The molecule has 0 aromatic carbocycles. The molecule has 1 aromatic rings. The summed E-state index contributed by atoms with van der Waals surface area (Å²) in [6.45, 7) is 4.20. The molecule has 0 aliphatic carbocycles. The standard InChI is InChI=1S/C9H13OPS/c1-3-11(4-2)9(10)8-6-5-7-12-8/h5-7H,3-4H2,1-2H3. The van der Waals surface area contributed by atoms with Crippen LogP contribution >= 0.6 is 19.3 Å². The molecule has 0 radical (unpaired) electrons. The van der Waals surface area contributed by atoms with Crippen LogP contribution in [0.4, 0.5) is 0 Å². The Bertz CT molecular complexity index is 239. The Kier molecular flexibility index (Phi) is 3.90. The molecule has 0 saturated carbocycles. The summed E-state index contributed by atoms with van der Waals surface area (Å²) in [4.78, 5) is 12.6. The molecule has 0 bridgehead atoms. The molecular formula is C9H13OPS. The van der Waals surface area contributed by atoms with Gasteiger partial charge in [0.1, 0.15) is 0 Å². The van der Waals surface area contributed by atoms with E-state index in [1.54, 1.807) is 11.3 Å². The van der Waals surface area contributed by atoms with E-state index < -0.39 is 7.92 Å². The zero-order valence-electron chi connectivity index (χ0n) is 7.41. The van der Waals surface area contributed by atoms with Crippen molar-refractivity contribution in [1.29, 1.82) is 0 Å². The molecule has 1 heterocycles. The molecule has 12 heavy (non-hydrogen) atoms. The molecule has 0 N–H and O–H groups in total. The molecule has 0 unspecified atom stereocenters. The molecule has 66 valence electrons. The number of hydrogen-bond donors (Lipinski definition) is 0. The van der Waals surface area contributed by atoms with Gasteiger partial charge in [0.2, 0.25) is 0 Å². The van der Waals surface area contributed by atoms with E-state index in [1.807, 2.05) is 17.5 Å². The third-order valence-electron chi connectivity index (χ3n) is 1.78. The first-order chi connectivity index (χ1) is 5.79. The van der Waals surface area contributed by atoms with Crippen LogP contribution in [0.3, 0.4) is 0 Å². The second-order valence-corrected chi connectivity index (χ2v) is 6.15. The highest BCUT2D eigenvalue weighted by atomic mass is 32.1. The van der Waals surface area contributed by atoms with Gasteiger partial charge in [-0.3, -0.25) is 4.79 Å². The highest BCUT2D eigenvalue weighted by Crippen LogP contribution is 2.39. The van der Waals surface area contributed by atoms with Crippen molar-refractivity contribution in [2.45, 2.75) is 13.8 Å². The Morgan fingerprint density at radius 3 is 2.58 bits per heavy atom. The van der Waals surface area contributed by atoms with Gasteiger partial charge in [0.25, 0.3) is 0 Å². The molecule has 0 aliphatic heterocycles. The van der Waals surface area contributed by atoms with E-state index in [0.717, 1.165) is 17.2 Å². The summed E-state index contributed by atoms with van der Waals surface area (Å²) in [6, 6.07) is 3.87. The van der Waals surface area contributed by atoms with Gasteiger partial charge in [-0.25, -0.2) is 0 Å². The van der Waals surface area contributed by atoms with Gasteiger partial charge in [-0.2, -0.15) is 0 Å². The van der Waals surface area contributed by atoms with Crippen LogP contribution in [0.1, 0.15) is 23.5 Å². The Hall–Kier alpha value is -0.200. The van der Waals surface area contributed by atoms with Crippen LogP contribution < -0.4 is 0 Å². The molecule has 0 saturated heterocycles. The summed E-state index contributed by atoms with van der Waals surface area (Å²) in [6.07, 6.45) is 2.03. The Morgan fingerprint density at radius 2 is 2.17 bits per heavy atom. The number of hydrogen-bond acceptors (Lipinski definition) is 2. The molecule has 1 rings (SSSR count). The van der Waals surface area contributed by atoms with E-state index in [1.165, 1.54) is 0 Å². The molecule has 3 heteroatoms. The predicted octanol–water partition coefficient (Wildman–Crippen LogP) is 3.41. The quantitative estimate of drug-likeness (QED) is 0.681. The zero-order valence-corrected chi connectivity index (χ0v) is 9.12. The van der Waals surface area contributed by atoms with Crippen molar-refractivity contribution < 1.29 is 4.79 Å². The van der Waals surface area contributed by atoms with Crippen LogP contribution in [0.2, 0.25) is 0 Å². The van der Waals surface area contributed by atoms with Crippen LogP contribution in [0.25, 0.3) is 0 Å². The van der Waals surface area contributed by atoms with Crippen molar-refractivity contribution in [3.8, 4) is 0 Å². The lowest BCUT2D eigenvalue weighted by Crippen LogP contribution is -1.97. The Balaban J connectivity index is 2.70. The summed E-state index contributed by atoms with van der Waals surface area (Å²) in [5.74, 6) is 0. The molecule has 0 fully saturated rings. The van der Waals surface area contributed by atoms with Crippen molar-refractivity contribution >= 4 is 24.8 Å². The van der Waals surface area contributed by atoms with Crippen molar-refractivity contribution in [1.82, 2.24) is 0 Å². The fraction of sp³-hybridized carbons (Fsp3) is 0.444. The lowest BCUT2D eigenvalue weighted by atomic mass is 10.5. The molecule has 0 aliphatic rings. The number of rotatable bonds is 4. The van der Waals surface area contributed by atoms with E-state index in [-0.39, 0.29) is 0 Å². The summed E-state index contributed by atoms with van der Waals surface area (Å²) in [7, 11) is -0.396. The average Bonchev–Trinajstić information content (AvgIpc) is 2.58. The maximum Gasteiger partial charge on any atom is 0.194 e. The highest BCUT2D eigenvalue weighted by Gasteiger charge is 2.15. The summed E-state index contributed by atoms with van der Waals surface area (Å²) in [5.41, 5.74) is 0.380. The topological polar surface area (TPSA) is 17.1 Å². The largest absolute Gasteiger partial charge is 0.288 e. The molecule has 1 nitrogen and oxygen atoms in total. The Morgan fingerprint density at radius 1 is 1.50 bits per heavy atom. The minimum atomic E-state index is -0.396. The normalized spacial score (nSPS) is 10.6. The fourth-order valence-corrected chi connectivity index (χ4v) is 3.58. The van der Waals surface area contributed by atoms with Crippen LogP contribution in [0.5, 0.6) is 0 Å². The third-order valence-corrected chi connectivity index (χ3v) is 5.14. The lowest BCUT2D eigenvalue weighted by molar-refractivity contribution is 0.108. The molecule has 0 atom stereocenters. The van der Waals surface area contributed by atoms with Gasteiger partial charge >= 0.3 is 0 Å². The first-order valence-corrected chi connectivity index (χ1v) is 6.71. The molecule has 1 aromatic heterocycles. The predicted molar refractivity (Wildman–Crippen MR) is 56.7 cm³/mol. The number of thiophene rings is 1. The fourth-order valence-electron chi connectivity index (χ4n) is 1.07. The van der Waals surface area contributed by atoms with Gasteiger partial charge in [-0.15, -0.1) is 11.3 Å². The SMILES string of the molecule is CCP(CC)C(=O)c1cccs1. The monoisotopic (exact) mass is 200 g/mol. The molecule has 0 amide bonds. The number of carbonyl (C=O) groups excluding carboxylic acids is 1. The lowest BCUT2D eigenvalue weighted by Gasteiger charge is -2.08. The third kappa shape index (κ3) is 2.15. The summed E-state index contributed by atoms with van der Waals surface area (Å²) in [5, 5.41) is 1.96. The van der Waals surface area contributed by atoms with Crippen molar-refractivity contribution in [2.75, 3.05) is 12.3 Å². The summed E-state index contributed by atoms with van der Waals surface area (Å²) < 4.78 is 0. The molecular weight excluding hydrogens is 187 g/mol. The average molecular weight is 200 g/mol. The van der Waals surface area contributed by atoms with Crippen molar-refractivity contribution in [3.63, 3.8) is 0 Å². The second kappa shape index (κ2) is 4.74. The summed E-state index contributed by atoms with van der Waals surface area (Å²) >= 11 is 1.56. The van der Waals surface area contributed by atoms with Crippen molar-refractivity contribution in [2.24, 2.45) is 0 Å². The van der Waals surface area contributed by atoms with Crippen LogP contribution in [0, 0.1) is 0 Å². The van der Waals surface area contributed by atoms with Crippen LogP contribution in [-0.4, -0.2) is 17.8 Å². The van der Waals surface area contributed by atoms with Crippen LogP contribution in [-0.2, 0) is 0 Å². The highest BCUT2D eigenvalue weighted by molar-refractivity contribution is 7.76. The van der Waals surface area contributed by atoms with Crippen molar-refractivity contribution in [3.05, 3.63) is 22.4 Å². The minimum Gasteiger partial charge on any atom is -0.288 e. The van der Waals surface area contributed by atoms with Gasteiger partial charge in [-0.05, 0) is 31.7 Å². The van der Waals surface area contributed by atoms with E-state index >= 15 is 0 Å². The van der Waals surface area contributed by atoms with Gasteiger partial charge < -0.3 is 0 Å². The Labute approximate surface area is 78.6 Å². The van der Waals surface area contributed by atoms with Gasteiger partial charge in [-0.1, -0.05) is 19.9 Å². The molecule has 0 spiro atoms. The zero-order chi connectivity index (χ0) is 8.97. The van der Waals surface area contributed by atoms with E-state index in [4.69, 9.17) is 0 Å². The minimum absolute atomic E-state index is 0.380. The van der Waals surface area contributed by atoms with Gasteiger partial charge in [0, 0.05) is 0 Å². The van der Waals surface area contributed by atoms with E-state index in [2.05, 4.69) is 13.8 Å². The first kappa shape index (κ1) is 9.88. The maximum atomic E-state index is 11.7. The van der Waals surface area contributed by atoms with Gasteiger partial charge in [0.15, 0.2) is 5.52 Å². The first-order valence-electron chi connectivity index (χ1n) is 4.12. The smallest absolute Gasteiger partial charge is 0.194 e. The van der Waals surface area contributed by atoms with E-state index in [9.17, 15) is 4.79 Å².